The predicted octanol–water partition coefficient (Wildman–Crippen LogP) is 3.34. The molecule has 0 unspecified atom stereocenters. The van der Waals surface area contributed by atoms with Gasteiger partial charge >= 0.3 is 0 Å². The van der Waals surface area contributed by atoms with Gasteiger partial charge in [-0.1, -0.05) is 23.7 Å². The standard InChI is InChI=1S/C14H13ClFNO2S/c1-9-7-11(17)5-6-13(9)20(18,19)8-10-3-2-4-12(16)14(10)15/h2-7H,8,17H2,1H3. The molecule has 106 valence electrons. The van der Waals surface area contributed by atoms with Crippen molar-refractivity contribution in [1.82, 2.24) is 0 Å². The van der Waals surface area contributed by atoms with Crippen LogP contribution in [0.1, 0.15) is 11.1 Å². The fourth-order valence-electron chi connectivity index (χ4n) is 1.96. The summed E-state index contributed by atoms with van der Waals surface area (Å²) in [5, 5.41) is -0.163. The minimum atomic E-state index is -3.61. The van der Waals surface area contributed by atoms with Crippen LogP contribution >= 0.6 is 11.6 Å². The molecule has 0 amide bonds. The number of hydrogen-bond acceptors (Lipinski definition) is 3. The normalized spacial score (nSPS) is 11.6. The monoisotopic (exact) mass is 313 g/mol. The Balaban J connectivity index is 2.44. The highest BCUT2D eigenvalue weighted by Gasteiger charge is 2.20. The summed E-state index contributed by atoms with van der Waals surface area (Å²) in [6.07, 6.45) is 0. The van der Waals surface area contributed by atoms with Crippen LogP contribution in [0.3, 0.4) is 0 Å². The van der Waals surface area contributed by atoms with E-state index in [1.807, 2.05) is 0 Å². The van der Waals surface area contributed by atoms with Crippen LogP contribution in [0.25, 0.3) is 0 Å². The molecule has 20 heavy (non-hydrogen) atoms. The molecular formula is C14H13ClFNO2S. The number of aryl methyl sites for hydroxylation is 1. The molecule has 2 aromatic rings. The number of rotatable bonds is 3. The van der Waals surface area contributed by atoms with Crippen LogP contribution in [0.4, 0.5) is 10.1 Å². The van der Waals surface area contributed by atoms with Gasteiger partial charge in [-0.2, -0.15) is 0 Å². The van der Waals surface area contributed by atoms with E-state index in [-0.39, 0.29) is 21.2 Å². The van der Waals surface area contributed by atoms with Crippen molar-refractivity contribution < 1.29 is 12.8 Å². The first-order valence-corrected chi connectivity index (χ1v) is 7.86. The van der Waals surface area contributed by atoms with E-state index in [0.29, 0.717) is 11.3 Å². The molecule has 0 fully saturated rings. The topological polar surface area (TPSA) is 60.2 Å². The molecule has 0 heterocycles. The zero-order valence-electron chi connectivity index (χ0n) is 10.7. The Morgan fingerprint density at radius 3 is 2.60 bits per heavy atom. The van der Waals surface area contributed by atoms with Gasteiger partial charge in [0.2, 0.25) is 0 Å². The van der Waals surface area contributed by atoms with Crippen molar-refractivity contribution in [2.45, 2.75) is 17.6 Å². The van der Waals surface area contributed by atoms with Crippen molar-refractivity contribution in [3.63, 3.8) is 0 Å². The summed E-state index contributed by atoms with van der Waals surface area (Å²) in [5.41, 5.74) is 6.88. The maximum atomic E-state index is 13.3. The molecule has 0 aliphatic heterocycles. The predicted molar refractivity (Wildman–Crippen MR) is 77.9 cm³/mol. The third-order valence-electron chi connectivity index (χ3n) is 2.91. The summed E-state index contributed by atoms with van der Waals surface area (Å²) in [6, 6.07) is 8.67. The fraction of sp³-hybridized carbons (Fsp3) is 0.143. The lowest BCUT2D eigenvalue weighted by Gasteiger charge is -2.10. The second-order valence-electron chi connectivity index (χ2n) is 4.50. The quantitative estimate of drug-likeness (QED) is 0.884. The first-order valence-electron chi connectivity index (χ1n) is 5.83. The molecule has 3 nitrogen and oxygen atoms in total. The molecule has 0 aliphatic carbocycles. The molecule has 0 aromatic heterocycles. The van der Waals surface area contributed by atoms with Crippen LogP contribution in [-0.2, 0) is 15.6 Å². The molecule has 2 N–H and O–H groups in total. The van der Waals surface area contributed by atoms with Crippen molar-refractivity contribution in [2.75, 3.05) is 5.73 Å². The Morgan fingerprint density at radius 1 is 1.25 bits per heavy atom. The third kappa shape index (κ3) is 2.94. The molecule has 0 bridgehead atoms. The lowest BCUT2D eigenvalue weighted by Crippen LogP contribution is -2.08. The molecular weight excluding hydrogens is 301 g/mol. The van der Waals surface area contributed by atoms with Crippen LogP contribution in [0, 0.1) is 12.7 Å². The number of nitrogen functional groups attached to an aromatic ring is 1. The zero-order chi connectivity index (χ0) is 14.9. The van der Waals surface area contributed by atoms with Crippen molar-refractivity contribution >= 4 is 27.1 Å². The van der Waals surface area contributed by atoms with Crippen LogP contribution in [0.2, 0.25) is 5.02 Å². The lowest BCUT2D eigenvalue weighted by atomic mass is 10.2. The van der Waals surface area contributed by atoms with Crippen LogP contribution in [-0.4, -0.2) is 8.42 Å². The summed E-state index contributed by atoms with van der Waals surface area (Å²) in [6.45, 7) is 1.66. The number of sulfone groups is 1. The van der Waals surface area contributed by atoms with Gasteiger partial charge in [-0.05, 0) is 42.3 Å². The van der Waals surface area contributed by atoms with E-state index >= 15 is 0 Å². The number of hydrogen-bond donors (Lipinski definition) is 1. The van der Waals surface area contributed by atoms with Gasteiger partial charge in [0, 0.05) is 5.69 Å². The summed E-state index contributed by atoms with van der Waals surface area (Å²) >= 11 is 5.79. The maximum Gasteiger partial charge on any atom is 0.182 e. The smallest absolute Gasteiger partial charge is 0.182 e. The van der Waals surface area contributed by atoms with Crippen molar-refractivity contribution in [1.29, 1.82) is 0 Å². The number of benzene rings is 2. The van der Waals surface area contributed by atoms with E-state index in [4.69, 9.17) is 17.3 Å². The first kappa shape index (κ1) is 14.8. The number of anilines is 1. The molecule has 0 saturated carbocycles. The molecule has 0 saturated heterocycles. The van der Waals surface area contributed by atoms with Crippen molar-refractivity contribution in [2.24, 2.45) is 0 Å². The van der Waals surface area contributed by atoms with Gasteiger partial charge in [-0.25, -0.2) is 12.8 Å². The highest BCUT2D eigenvalue weighted by molar-refractivity contribution is 7.90. The molecule has 2 rings (SSSR count). The molecule has 0 spiro atoms. The zero-order valence-corrected chi connectivity index (χ0v) is 12.3. The lowest BCUT2D eigenvalue weighted by molar-refractivity contribution is 0.594. The number of nitrogens with two attached hydrogens (primary N) is 1. The van der Waals surface area contributed by atoms with Crippen molar-refractivity contribution in [3.8, 4) is 0 Å². The molecule has 0 atom stereocenters. The summed E-state index contributed by atoms with van der Waals surface area (Å²) < 4.78 is 38.1. The Morgan fingerprint density at radius 2 is 1.95 bits per heavy atom. The van der Waals surface area contributed by atoms with Gasteiger partial charge in [0.05, 0.1) is 15.7 Å². The summed E-state index contributed by atoms with van der Waals surface area (Å²) in [7, 11) is -3.61. The first-order chi connectivity index (χ1) is 9.31. The van der Waals surface area contributed by atoms with E-state index < -0.39 is 15.7 Å². The van der Waals surface area contributed by atoms with Gasteiger partial charge < -0.3 is 5.73 Å². The van der Waals surface area contributed by atoms with Gasteiger partial charge in [0.25, 0.3) is 0 Å². The second-order valence-corrected chi connectivity index (χ2v) is 6.83. The van der Waals surface area contributed by atoms with E-state index in [0.717, 1.165) is 0 Å². The highest BCUT2D eigenvalue weighted by atomic mass is 35.5. The van der Waals surface area contributed by atoms with Crippen LogP contribution in [0.15, 0.2) is 41.3 Å². The van der Waals surface area contributed by atoms with Gasteiger partial charge in [-0.15, -0.1) is 0 Å². The highest BCUT2D eigenvalue weighted by Crippen LogP contribution is 2.26. The minimum absolute atomic E-state index is 0.163. The maximum absolute atomic E-state index is 13.3. The SMILES string of the molecule is Cc1cc(N)ccc1S(=O)(=O)Cc1cccc(F)c1Cl. The molecule has 2 aromatic carbocycles. The Labute approximate surface area is 122 Å². The van der Waals surface area contributed by atoms with Crippen LogP contribution in [0.5, 0.6) is 0 Å². The molecule has 0 aliphatic rings. The van der Waals surface area contributed by atoms with E-state index in [1.54, 1.807) is 13.0 Å². The van der Waals surface area contributed by atoms with Gasteiger partial charge in [0.15, 0.2) is 9.84 Å². The largest absolute Gasteiger partial charge is 0.399 e. The van der Waals surface area contributed by atoms with E-state index in [2.05, 4.69) is 0 Å². The molecule has 6 heteroatoms. The van der Waals surface area contributed by atoms with E-state index in [9.17, 15) is 12.8 Å². The fourth-order valence-corrected chi connectivity index (χ4v) is 3.87. The number of halogens is 2. The Bertz CT molecular complexity index is 760. The average Bonchev–Trinajstić information content (AvgIpc) is 2.34. The Hall–Kier alpha value is -1.59. The van der Waals surface area contributed by atoms with Gasteiger partial charge in [-0.3, -0.25) is 0 Å². The Kier molecular flexibility index (Phi) is 4.01. The average molecular weight is 314 g/mol. The minimum Gasteiger partial charge on any atom is -0.399 e. The molecule has 0 radical (unpaired) electrons. The third-order valence-corrected chi connectivity index (χ3v) is 5.15. The van der Waals surface area contributed by atoms with Crippen molar-refractivity contribution in [3.05, 3.63) is 58.4 Å². The van der Waals surface area contributed by atoms with Crippen LogP contribution < -0.4 is 5.73 Å². The van der Waals surface area contributed by atoms with Gasteiger partial charge in [0.1, 0.15) is 5.82 Å². The second kappa shape index (κ2) is 5.42. The van der Waals surface area contributed by atoms with E-state index in [1.165, 1.54) is 30.3 Å². The summed E-state index contributed by atoms with van der Waals surface area (Å²) in [5.74, 6) is -0.984. The summed E-state index contributed by atoms with van der Waals surface area (Å²) in [4.78, 5) is 0.173.